The second kappa shape index (κ2) is 2.47. The van der Waals surface area contributed by atoms with E-state index in [9.17, 15) is 0 Å². The molecule has 1 N–H and O–H groups in total. The predicted molar refractivity (Wildman–Crippen MR) is 49.9 cm³/mol. The van der Waals surface area contributed by atoms with Crippen LogP contribution in [-0.2, 0) is 0 Å². The van der Waals surface area contributed by atoms with Crippen molar-refractivity contribution < 1.29 is 0 Å². The highest BCUT2D eigenvalue weighted by Crippen LogP contribution is 2.60. The number of hydrogen-bond acceptors (Lipinski definition) is 1. The van der Waals surface area contributed by atoms with E-state index in [0.717, 1.165) is 29.7 Å². The van der Waals surface area contributed by atoms with Gasteiger partial charge in [0.2, 0.25) is 0 Å². The summed E-state index contributed by atoms with van der Waals surface area (Å²) in [5, 5.41) is 3.64. The van der Waals surface area contributed by atoms with E-state index in [1.165, 1.54) is 13.0 Å². The van der Waals surface area contributed by atoms with Gasteiger partial charge in [-0.2, -0.15) is 0 Å². The van der Waals surface area contributed by atoms with E-state index >= 15 is 0 Å². The lowest BCUT2D eigenvalue weighted by Crippen LogP contribution is -2.52. The molecule has 5 unspecified atom stereocenters. The lowest BCUT2D eigenvalue weighted by molar-refractivity contribution is 0.0509. The Hall–Kier alpha value is -0.0400. The van der Waals surface area contributed by atoms with Crippen LogP contribution in [0.1, 0.15) is 32.6 Å². The largest absolute Gasteiger partial charge is 0.314 e. The fraction of sp³-hybridized carbons (Fsp3) is 1.00. The maximum Gasteiger partial charge on any atom is 0.0103 e. The van der Waals surface area contributed by atoms with Crippen molar-refractivity contribution in [1.29, 1.82) is 0 Å². The van der Waals surface area contributed by atoms with Crippen molar-refractivity contribution in [2.24, 2.45) is 23.7 Å². The summed E-state index contributed by atoms with van der Waals surface area (Å²) in [4.78, 5) is 0. The van der Waals surface area contributed by atoms with Crippen molar-refractivity contribution >= 4 is 0 Å². The highest BCUT2D eigenvalue weighted by molar-refractivity contribution is 5.08. The number of nitrogens with one attached hydrogen (secondary N) is 1. The first kappa shape index (κ1) is 7.37. The zero-order valence-electron chi connectivity index (χ0n) is 7.92. The molecule has 0 amide bonds. The third-order valence-corrected chi connectivity index (χ3v) is 4.61. The molecule has 2 bridgehead atoms. The molecular formula is C11H19N. The summed E-state index contributed by atoms with van der Waals surface area (Å²) < 4.78 is 0. The van der Waals surface area contributed by atoms with Crippen molar-refractivity contribution in [2.75, 3.05) is 6.54 Å². The summed E-state index contributed by atoms with van der Waals surface area (Å²) in [6.45, 7) is 3.41. The standard InChI is InChI=1S/C11H19N/c1-2-12-10-6-9-7-3-4-8(5-7)11(9)10/h7-12H,2-6H2,1H3. The van der Waals surface area contributed by atoms with Gasteiger partial charge >= 0.3 is 0 Å². The first-order chi connectivity index (χ1) is 5.90. The Morgan fingerprint density at radius 3 is 2.75 bits per heavy atom. The van der Waals surface area contributed by atoms with Gasteiger partial charge < -0.3 is 5.32 Å². The van der Waals surface area contributed by atoms with Gasteiger partial charge in [0.25, 0.3) is 0 Å². The molecule has 0 aromatic carbocycles. The molecule has 1 nitrogen and oxygen atoms in total. The molecule has 3 rings (SSSR count). The van der Waals surface area contributed by atoms with Crippen LogP contribution >= 0.6 is 0 Å². The topological polar surface area (TPSA) is 12.0 Å². The molecule has 3 aliphatic carbocycles. The molecule has 0 radical (unpaired) electrons. The fourth-order valence-electron chi connectivity index (χ4n) is 4.17. The van der Waals surface area contributed by atoms with E-state index in [1.807, 2.05) is 0 Å². The van der Waals surface area contributed by atoms with Crippen molar-refractivity contribution in [3.05, 3.63) is 0 Å². The van der Waals surface area contributed by atoms with Crippen LogP contribution in [0.25, 0.3) is 0 Å². The highest BCUT2D eigenvalue weighted by Gasteiger charge is 2.56. The molecule has 0 heterocycles. The second-order valence-corrected chi connectivity index (χ2v) is 4.97. The van der Waals surface area contributed by atoms with Crippen molar-refractivity contribution in [3.63, 3.8) is 0 Å². The van der Waals surface area contributed by atoms with Gasteiger partial charge in [-0.1, -0.05) is 6.92 Å². The zero-order valence-corrected chi connectivity index (χ0v) is 7.92. The highest BCUT2D eigenvalue weighted by atomic mass is 15.0. The van der Waals surface area contributed by atoms with Crippen LogP contribution in [0.2, 0.25) is 0 Å². The van der Waals surface area contributed by atoms with E-state index in [4.69, 9.17) is 0 Å². The smallest absolute Gasteiger partial charge is 0.0103 e. The van der Waals surface area contributed by atoms with E-state index in [-0.39, 0.29) is 0 Å². The molecule has 12 heavy (non-hydrogen) atoms. The van der Waals surface area contributed by atoms with Crippen molar-refractivity contribution in [3.8, 4) is 0 Å². The van der Waals surface area contributed by atoms with Gasteiger partial charge in [-0.3, -0.25) is 0 Å². The fourth-order valence-corrected chi connectivity index (χ4v) is 4.17. The third-order valence-electron chi connectivity index (χ3n) is 4.61. The van der Waals surface area contributed by atoms with E-state index in [1.54, 1.807) is 19.3 Å². The molecule has 3 aliphatic rings. The molecule has 3 saturated carbocycles. The maximum atomic E-state index is 3.64. The summed E-state index contributed by atoms with van der Waals surface area (Å²) in [6.07, 6.45) is 6.19. The monoisotopic (exact) mass is 165 g/mol. The summed E-state index contributed by atoms with van der Waals surface area (Å²) in [5.41, 5.74) is 0. The van der Waals surface area contributed by atoms with Gasteiger partial charge in [0.05, 0.1) is 0 Å². The van der Waals surface area contributed by atoms with Gasteiger partial charge in [-0.25, -0.2) is 0 Å². The number of hydrogen-bond donors (Lipinski definition) is 1. The summed E-state index contributed by atoms with van der Waals surface area (Å²) in [5.74, 6) is 4.52. The minimum absolute atomic E-state index is 0.912. The van der Waals surface area contributed by atoms with E-state index in [0.29, 0.717) is 0 Å². The summed E-state index contributed by atoms with van der Waals surface area (Å²) >= 11 is 0. The quantitative estimate of drug-likeness (QED) is 0.660. The Morgan fingerprint density at radius 2 is 2.00 bits per heavy atom. The summed E-state index contributed by atoms with van der Waals surface area (Å²) in [6, 6.07) is 0.912. The molecule has 0 saturated heterocycles. The van der Waals surface area contributed by atoms with Crippen LogP contribution in [0, 0.1) is 23.7 Å². The molecule has 0 aromatic heterocycles. The molecule has 5 atom stereocenters. The average Bonchev–Trinajstić information content (AvgIpc) is 2.54. The van der Waals surface area contributed by atoms with Gasteiger partial charge in [-0.05, 0) is 55.9 Å². The maximum absolute atomic E-state index is 3.64. The van der Waals surface area contributed by atoms with Crippen molar-refractivity contribution in [1.82, 2.24) is 5.32 Å². The van der Waals surface area contributed by atoms with E-state index in [2.05, 4.69) is 12.2 Å². The Balaban J connectivity index is 1.70. The average molecular weight is 165 g/mol. The third kappa shape index (κ3) is 0.783. The van der Waals surface area contributed by atoms with E-state index < -0.39 is 0 Å². The molecule has 1 heteroatoms. The van der Waals surface area contributed by atoms with Crippen LogP contribution in [0.3, 0.4) is 0 Å². The molecule has 0 spiro atoms. The number of fused-ring (bicyclic) bond motifs is 5. The normalized spacial score (nSPS) is 55.2. The molecule has 0 aromatic rings. The van der Waals surface area contributed by atoms with Crippen LogP contribution in [0.5, 0.6) is 0 Å². The minimum atomic E-state index is 0.912. The lowest BCUT2D eigenvalue weighted by atomic mass is 9.62. The van der Waals surface area contributed by atoms with Gasteiger partial charge in [-0.15, -0.1) is 0 Å². The summed E-state index contributed by atoms with van der Waals surface area (Å²) in [7, 11) is 0. The predicted octanol–water partition coefficient (Wildman–Crippen LogP) is 2.03. The van der Waals surface area contributed by atoms with Crippen LogP contribution in [0.4, 0.5) is 0 Å². The second-order valence-electron chi connectivity index (χ2n) is 4.97. The van der Waals surface area contributed by atoms with Gasteiger partial charge in [0.1, 0.15) is 0 Å². The first-order valence-corrected chi connectivity index (χ1v) is 5.63. The lowest BCUT2D eigenvalue weighted by Gasteiger charge is -2.48. The molecule has 68 valence electrons. The molecule has 0 aliphatic heterocycles. The first-order valence-electron chi connectivity index (χ1n) is 5.63. The van der Waals surface area contributed by atoms with Crippen LogP contribution < -0.4 is 5.32 Å². The minimum Gasteiger partial charge on any atom is -0.314 e. The van der Waals surface area contributed by atoms with Gasteiger partial charge in [0, 0.05) is 6.04 Å². The Labute approximate surface area is 74.9 Å². The zero-order chi connectivity index (χ0) is 8.13. The van der Waals surface area contributed by atoms with Crippen LogP contribution in [-0.4, -0.2) is 12.6 Å². The number of rotatable bonds is 2. The van der Waals surface area contributed by atoms with Crippen molar-refractivity contribution in [2.45, 2.75) is 38.6 Å². The van der Waals surface area contributed by atoms with Gasteiger partial charge in [0.15, 0.2) is 0 Å². The Kier molecular flexibility index (Phi) is 1.52. The Morgan fingerprint density at radius 1 is 1.17 bits per heavy atom. The Bertz CT molecular complexity index is 187. The van der Waals surface area contributed by atoms with Crippen LogP contribution in [0.15, 0.2) is 0 Å². The molecule has 3 fully saturated rings. The SMILES string of the molecule is CCNC1CC2C3CCC(C3)C12. The molecular weight excluding hydrogens is 146 g/mol.